The molecule has 168 valence electrons. The number of amides is 1. The molecule has 10 heteroatoms. The number of hydrogen-bond acceptors (Lipinski definition) is 3. The van der Waals surface area contributed by atoms with E-state index in [0.29, 0.717) is 12.8 Å². The summed E-state index contributed by atoms with van der Waals surface area (Å²) in [6, 6.07) is 7.83. The Kier molecular flexibility index (Phi) is 6.59. The summed E-state index contributed by atoms with van der Waals surface area (Å²) in [4.78, 5) is 12.3. The first-order valence-corrected chi connectivity index (χ1v) is 11.2. The minimum Gasteiger partial charge on any atom is -0.349 e. The summed E-state index contributed by atoms with van der Waals surface area (Å²) in [5.41, 5.74) is 0.337. The Morgan fingerprint density at radius 3 is 2.45 bits per heavy atom. The monoisotopic (exact) mass is 458 g/mol. The Bertz CT molecular complexity index is 1070. The van der Waals surface area contributed by atoms with Gasteiger partial charge in [-0.3, -0.25) is 9.52 Å². The molecule has 0 radical (unpaired) electrons. The summed E-state index contributed by atoms with van der Waals surface area (Å²) in [5.74, 6) is -3.00. The maximum Gasteiger partial charge on any atom is 0.393 e. The minimum atomic E-state index is -4.40. The summed E-state index contributed by atoms with van der Waals surface area (Å²) in [7, 11) is -4.12. The minimum absolute atomic E-state index is 0.0155. The van der Waals surface area contributed by atoms with Crippen molar-refractivity contribution in [2.45, 2.75) is 49.7 Å². The van der Waals surface area contributed by atoms with Gasteiger partial charge in [0, 0.05) is 17.3 Å². The number of rotatable bonds is 5. The van der Waals surface area contributed by atoms with Crippen LogP contribution in [-0.4, -0.2) is 26.5 Å². The van der Waals surface area contributed by atoms with Crippen molar-refractivity contribution in [1.82, 2.24) is 5.32 Å². The van der Waals surface area contributed by atoms with Crippen molar-refractivity contribution in [3.63, 3.8) is 0 Å². The molecular formula is C21H22F4N2O3S. The number of sulfonamides is 1. The van der Waals surface area contributed by atoms with E-state index in [2.05, 4.69) is 10.0 Å². The van der Waals surface area contributed by atoms with Crippen molar-refractivity contribution in [1.29, 1.82) is 0 Å². The van der Waals surface area contributed by atoms with Crippen molar-refractivity contribution in [3.05, 3.63) is 59.4 Å². The number of alkyl halides is 3. The highest BCUT2D eigenvalue weighted by Gasteiger charge is 2.46. The summed E-state index contributed by atoms with van der Waals surface area (Å²) >= 11 is 0. The predicted octanol–water partition coefficient (Wildman–Crippen LogP) is 4.79. The molecule has 1 fully saturated rings. The highest BCUT2D eigenvalue weighted by Crippen LogP contribution is 2.37. The molecule has 0 spiro atoms. The van der Waals surface area contributed by atoms with Gasteiger partial charge in [0.2, 0.25) is 0 Å². The summed E-state index contributed by atoms with van der Waals surface area (Å²) in [6.45, 7) is 1.50. The summed E-state index contributed by atoms with van der Waals surface area (Å²) in [5, 5.41) is 2.44. The molecule has 1 aliphatic carbocycles. The first kappa shape index (κ1) is 23.1. The smallest absolute Gasteiger partial charge is 0.349 e. The highest BCUT2D eigenvalue weighted by atomic mass is 32.2. The summed E-state index contributed by atoms with van der Waals surface area (Å²) < 4.78 is 80.8. The summed E-state index contributed by atoms with van der Waals surface area (Å²) in [6.07, 6.45) is -3.18. The molecule has 2 unspecified atom stereocenters. The van der Waals surface area contributed by atoms with Crippen LogP contribution in [0.3, 0.4) is 0 Å². The molecule has 0 heterocycles. The van der Waals surface area contributed by atoms with Crippen molar-refractivity contribution in [2.24, 2.45) is 5.92 Å². The van der Waals surface area contributed by atoms with E-state index in [0.717, 1.165) is 6.07 Å². The van der Waals surface area contributed by atoms with Crippen LogP contribution < -0.4 is 10.0 Å². The van der Waals surface area contributed by atoms with Gasteiger partial charge in [0.25, 0.3) is 15.9 Å². The third kappa shape index (κ3) is 5.55. The van der Waals surface area contributed by atoms with Crippen molar-refractivity contribution in [2.75, 3.05) is 4.72 Å². The lowest BCUT2D eigenvalue weighted by molar-refractivity contribution is -0.187. The quantitative estimate of drug-likeness (QED) is 0.633. The van der Waals surface area contributed by atoms with E-state index in [1.807, 2.05) is 0 Å². The SMILES string of the molecule is Cc1ccc(S(=O)(=O)Nc2cccc(C(=O)NC3CCCCC3C(F)(F)F)c2)cc1F. The molecule has 2 N–H and O–H groups in total. The second-order valence-electron chi connectivity index (χ2n) is 7.61. The van der Waals surface area contributed by atoms with Gasteiger partial charge in [-0.25, -0.2) is 12.8 Å². The molecule has 0 bridgehead atoms. The van der Waals surface area contributed by atoms with E-state index in [-0.39, 0.29) is 34.6 Å². The number of hydrogen-bond donors (Lipinski definition) is 2. The van der Waals surface area contributed by atoms with E-state index in [9.17, 15) is 30.8 Å². The van der Waals surface area contributed by atoms with Gasteiger partial charge in [-0.05, 0) is 55.7 Å². The van der Waals surface area contributed by atoms with Crippen LogP contribution in [0.25, 0.3) is 0 Å². The number of halogens is 4. The molecular weight excluding hydrogens is 436 g/mol. The molecule has 1 aliphatic rings. The molecule has 31 heavy (non-hydrogen) atoms. The number of carbonyl (C=O) groups is 1. The van der Waals surface area contributed by atoms with Crippen LogP contribution in [0, 0.1) is 18.7 Å². The molecule has 1 amide bonds. The van der Waals surface area contributed by atoms with E-state index in [1.165, 1.54) is 43.3 Å². The van der Waals surface area contributed by atoms with Crippen LogP contribution in [-0.2, 0) is 10.0 Å². The van der Waals surface area contributed by atoms with Gasteiger partial charge in [0.05, 0.1) is 10.8 Å². The predicted molar refractivity (Wildman–Crippen MR) is 108 cm³/mol. The third-order valence-electron chi connectivity index (χ3n) is 5.33. The van der Waals surface area contributed by atoms with E-state index in [4.69, 9.17) is 0 Å². The normalized spacial score (nSPS) is 19.6. The molecule has 5 nitrogen and oxygen atoms in total. The lowest BCUT2D eigenvalue weighted by Crippen LogP contribution is -2.47. The fourth-order valence-corrected chi connectivity index (χ4v) is 4.69. The van der Waals surface area contributed by atoms with Crippen LogP contribution in [0.4, 0.5) is 23.2 Å². The molecule has 2 atom stereocenters. The third-order valence-corrected chi connectivity index (χ3v) is 6.71. The first-order valence-electron chi connectivity index (χ1n) is 9.74. The lowest BCUT2D eigenvalue weighted by Gasteiger charge is -2.33. The Morgan fingerprint density at radius 1 is 1.06 bits per heavy atom. The topological polar surface area (TPSA) is 75.3 Å². The number of carbonyl (C=O) groups excluding carboxylic acids is 1. The van der Waals surface area contributed by atoms with Gasteiger partial charge in [0.1, 0.15) is 5.82 Å². The van der Waals surface area contributed by atoms with Crippen LogP contribution >= 0.6 is 0 Å². The molecule has 0 saturated heterocycles. The van der Waals surface area contributed by atoms with Gasteiger partial charge in [-0.2, -0.15) is 13.2 Å². The number of anilines is 1. The molecule has 3 rings (SSSR count). The van der Waals surface area contributed by atoms with E-state index in [1.54, 1.807) is 0 Å². The van der Waals surface area contributed by atoms with Gasteiger partial charge >= 0.3 is 6.18 Å². The number of nitrogens with one attached hydrogen (secondary N) is 2. The van der Waals surface area contributed by atoms with Crippen molar-refractivity contribution < 1.29 is 30.8 Å². The van der Waals surface area contributed by atoms with Crippen molar-refractivity contribution in [3.8, 4) is 0 Å². The molecule has 1 saturated carbocycles. The first-order chi connectivity index (χ1) is 14.5. The maximum absolute atomic E-state index is 13.7. The molecule has 2 aromatic carbocycles. The second-order valence-corrected chi connectivity index (χ2v) is 9.29. The van der Waals surface area contributed by atoms with E-state index >= 15 is 0 Å². The average molecular weight is 458 g/mol. The number of benzene rings is 2. The highest BCUT2D eigenvalue weighted by molar-refractivity contribution is 7.92. The van der Waals surface area contributed by atoms with Gasteiger partial charge in [-0.15, -0.1) is 0 Å². The molecule has 0 aromatic heterocycles. The largest absolute Gasteiger partial charge is 0.393 e. The Hall–Kier alpha value is -2.62. The van der Waals surface area contributed by atoms with E-state index < -0.39 is 39.9 Å². The zero-order valence-electron chi connectivity index (χ0n) is 16.7. The zero-order valence-corrected chi connectivity index (χ0v) is 17.5. The van der Waals surface area contributed by atoms with Gasteiger partial charge < -0.3 is 5.32 Å². The Morgan fingerprint density at radius 2 is 1.77 bits per heavy atom. The zero-order chi connectivity index (χ0) is 22.8. The Labute approximate surface area is 177 Å². The van der Waals surface area contributed by atoms with Crippen LogP contribution in [0.1, 0.15) is 41.6 Å². The average Bonchev–Trinajstić information content (AvgIpc) is 2.69. The van der Waals surface area contributed by atoms with Crippen LogP contribution in [0.5, 0.6) is 0 Å². The van der Waals surface area contributed by atoms with Gasteiger partial charge in [-0.1, -0.05) is 25.0 Å². The maximum atomic E-state index is 13.7. The fourth-order valence-electron chi connectivity index (χ4n) is 3.63. The van der Waals surface area contributed by atoms with Crippen molar-refractivity contribution >= 4 is 21.6 Å². The number of aryl methyl sites for hydroxylation is 1. The van der Waals surface area contributed by atoms with Crippen LogP contribution in [0.2, 0.25) is 0 Å². The van der Waals surface area contributed by atoms with Crippen LogP contribution in [0.15, 0.2) is 47.4 Å². The lowest BCUT2D eigenvalue weighted by atomic mass is 9.84. The standard InChI is InChI=1S/C21H22F4N2O3S/c1-13-9-10-16(12-18(13)22)31(29,30)27-15-6-4-5-14(11-15)20(28)26-19-8-3-2-7-17(19)21(23,24)25/h4-6,9-12,17,19,27H,2-3,7-8H2,1H3,(H,26,28). The molecule has 0 aliphatic heterocycles. The van der Waals surface area contributed by atoms with Gasteiger partial charge in [0.15, 0.2) is 0 Å². The Balaban J connectivity index is 1.76. The molecule has 2 aromatic rings. The fraction of sp³-hybridized carbons (Fsp3) is 0.381. The second kappa shape index (κ2) is 8.86.